The number of amides is 3. The van der Waals surface area contributed by atoms with Gasteiger partial charge in [-0.2, -0.15) is 5.10 Å². The van der Waals surface area contributed by atoms with Gasteiger partial charge in [-0.3, -0.25) is 19.1 Å². The Hall–Kier alpha value is -2.20. The molecule has 0 fully saturated rings. The Kier molecular flexibility index (Phi) is 5.28. The third-order valence-electron chi connectivity index (χ3n) is 2.44. The summed E-state index contributed by atoms with van der Waals surface area (Å²) in [7, 11) is 0. The summed E-state index contributed by atoms with van der Waals surface area (Å²) >= 11 is 4.54. The number of hydrogen-bond donors (Lipinski definition) is 3. The Morgan fingerprint density at radius 2 is 2.14 bits per heavy atom. The van der Waals surface area contributed by atoms with E-state index < -0.39 is 11.8 Å². The van der Waals surface area contributed by atoms with Crippen molar-refractivity contribution in [2.45, 2.75) is 6.54 Å². The van der Waals surface area contributed by atoms with Gasteiger partial charge in [-0.15, -0.1) is 11.3 Å². The van der Waals surface area contributed by atoms with Gasteiger partial charge in [0.15, 0.2) is 0 Å². The van der Waals surface area contributed by atoms with E-state index in [0.717, 1.165) is 3.79 Å². The summed E-state index contributed by atoms with van der Waals surface area (Å²) in [4.78, 5) is 34.7. The minimum absolute atomic E-state index is 0.0696. The van der Waals surface area contributed by atoms with Crippen LogP contribution in [-0.2, 0) is 16.1 Å². The Morgan fingerprint density at radius 3 is 2.77 bits per heavy atom. The second kappa shape index (κ2) is 7.18. The number of thiophene rings is 1. The first-order chi connectivity index (χ1) is 10.4. The van der Waals surface area contributed by atoms with Crippen LogP contribution in [-0.4, -0.2) is 34.0 Å². The molecule has 0 unspecified atom stereocenters. The number of nitrogens with zero attached hydrogens (tertiary/aromatic N) is 2. The fraction of sp³-hybridized carbons (Fsp3) is 0.167. The maximum atomic E-state index is 11.8. The average molecular weight is 386 g/mol. The highest BCUT2D eigenvalue weighted by atomic mass is 79.9. The van der Waals surface area contributed by atoms with Crippen molar-refractivity contribution in [1.82, 2.24) is 15.1 Å². The van der Waals surface area contributed by atoms with Crippen molar-refractivity contribution in [3.8, 4) is 0 Å². The van der Waals surface area contributed by atoms with Gasteiger partial charge < -0.3 is 16.4 Å². The third-order valence-corrected chi connectivity index (χ3v) is 4.06. The van der Waals surface area contributed by atoms with Gasteiger partial charge in [0.25, 0.3) is 5.91 Å². The highest BCUT2D eigenvalue weighted by Crippen LogP contribution is 2.21. The maximum Gasteiger partial charge on any atom is 0.261 e. The first kappa shape index (κ1) is 16.2. The van der Waals surface area contributed by atoms with E-state index in [4.69, 9.17) is 5.73 Å². The van der Waals surface area contributed by atoms with E-state index in [2.05, 4.69) is 31.7 Å². The molecule has 2 aromatic heterocycles. The minimum Gasteiger partial charge on any atom is -0.368 e. The fourth-order valence-electron chi connectivity index (χ4n) is 1.56. The summed E-state index contributed by atoms with van der Waals surface area (Å²) < 4.78 is 2.14. The van der Waals surface area contributed by atoms with Crippen molar-refractivity contribution in [3.63, 3.8) is 0 Å². The number of carbonyl (C=O) groups is 3. The third kappa shape index (κ3) is 4.67. The van der Waals surface area contributed by atoms with Crippen LogP contribution in [0.3, 0.4) is 0 Å². The summed E-state index contributed by atoms with van der Waals surface area (Å²) in [5, 5.41) is 8.93. The molecule has 0 radical (unpaired) electrons. The molecule has 4 N–H and O–H groups in total. The van der Waals surface area contributed by atoms with Crippen molar-refractivity contribution in [3.05, 3.63) is 33.2 Å². The predicted molar refractivity (Wildman–Crippen MR) is 84.4 cm³/mol. The van der Waals surface area contributed by atoms with Crippen LogP contribution in [0.5, 0.6) is 0 Å². The predicted octanol–water partition coefficient (Wildman–Crippen LogP) is 0.561. The van der Waals surface area contributed by atoms with Crippen LogP contribution in [0, 0.1) is 0 Å². The van der Waals surface area contributed by atoms with Gasteiger partial charge in [-0.1, -0.05) is 0 Å². The summed E-state index contributed by atoms with van der Waals surface area (Å²) in [6.45, 7) is -0.241. The monoisotopic (exact) mass is 385 g/mol. The molecule has 0 bridgehead atoms. The first-order valence-electron chi connectivity index (χ1n) is 6.08. The molecule has 10 heteroatoms. The van der Waals surface area contributed by atoms with E-state index in [1.807, 2.05) is 0 Å². The highest BCUT2D eigenvalue weighted by Gasteiger charge is 2.11. The van der Waals surface area contributed by atoms with Crippen molar-refractivity contribution < 1.29 is 14.4 Å². The van der Waals surface area contributed by atoms with Gasteiger partial charge in [-0.25, -0.2) is 0 Å². The Bertz CT molecular complexity index is 711. The maximum absolute atomic E-state index is 11.8. The van der Waals surface area contributed by atoms with Crippen LogP contribution in [0.2, 0.25) is 0 Å². The number of aromatic nitrogens is 2. The standard InChI is InChI=1S/C12H12BrN5O3S/c13-9-2-1-8(22-9)12(21)15-4-11(20)17-7-3-16-18(5-7)6-10(14)19/h1-3,5H,4,6H2,(H2,14,19)(H,15,21)(H,17,20). The number of halogens is 1. The van der Waals surface area contributed by atoms with Crippen LogP contribution >= 0.6 is 27.3 Å². The molecule has 0 saturated heterocycles. The van der Waals surface area contributed by atoms with E-state index in [1.165, 1.54) is 28.4 Å². The molecule has 2 heterocycles. The second-order valence-electron chi connectivity index (χ2n) is 4.23. The number of hydrogen-bond acceptors (Lipinski definition) is 5. The van der Waals surface area contributed by atoms with E-state index in [9.17, 15) is 14.4 Å². The van der Waals surface area contributed by atoms with Crippen LogP contribution in [0.25, 0.3) is 0 Å². The first-order valence-corrected chi connectivity index (χ1v) is 7.69. The zero-order valence-electron chi connectivity index (χ0n) is 11.2. The molecule has 2 aromatic rings. The van der Waals surface area contributed by atoms with Crippen molar-refractivity contribution in [1.29, 1.82) is 0 Å². The topological polar surface area (TPSA) is 119 Å². The molecule has 116 valence electrons. The van der Waals surface area contributed by atoms with Crippen molar-refractivity contribution >= 4 is 50.7 Å². The Balaban J connectivity index is 1.81. The fourth-order valence-corrected chi connectivity index (χ4v) is 2.87. The van der Waals surface area contributed by atoms with Crippen LogP contribution in [0.1, 0.15) is 9.67 Å². The molecule has 0 spiro atoms. The van der Waals surface area contributed by atoms with Crippen LogP contribution in [0.15, 0.2) is 28.3 Å². The molecule has 2 rings (SSSR count). The molecule has 0 saturated carbocycles. The summed E-state index contributed by atoms with van der Waals surface area (Å²) in [5.41, 5.74) is 5.45. The smallest absolute Gasteiger partial charge is 0.261 e. The number of rotatable bonds is 6. The zero-order chi connectivity index (χ0) is 16.1. The minimum atomic E-state index is -0.532. The van der Waals surface area contributed by atoms with E-state index >= 15 is 0 Å². The summed E-state index contributed by atoms with van der Waals surface area (Å²) in [5.74, 6) is -1.26. The Labute approximate surface area is 137 Å². The second-order valence-corrected chi connectivity index (χ2v) is 6.69. The van der Waals surface area contributed by atoms with Gasteiger partial charge in [-0.05, 0) is 28.1 Å². The number of nitrogens with two attached hydrogens (primary N) is 1. The van der Waals surface area contributed by atoms with Crippen LogP contribution < -0.4 is 16.4 Å². The molecular formula is C12H12BrN5O3S. The average Bonchev–Trinajstić information content (AvgIpc) is 3.05. The lowest BCUT2D eigenvalue weighted by atomic mass is 10.4. The lowest BCUT2D eigenvalue weighted by Gasteiger charge is -2.04. The largest absolute Gasteiger partial charge is 0.368 e. The molecular weight excluding hydrogens is 374 g/mol. The van der Waals surface area contributed by atoms with E-state index in [0.29, 0.717) is 10.6 Å². The molecule has 0 atom stereocenters. The van der Waals surface area contributed by atoms with Crippen molar-refractivity contribution in [2.24, 2.45) is 5.73 Å². The van der Waals surface area contributed by atoms with Gasteiger partial charge in [0.2, 0.25) is 11.8 Å². The van der Waals surface area contributed by atoms with Gasteiger partial charge in [0.05, 0.1) is 27.1 Å². The molecule has 0 aromatic carbocycles. The van der Waals surface area contributed by atoms with E-state index in [1.54, 1.807) is 12.1 Å². The quantitative estimate of drug-likeness (QED) is 0.672. The van der Waals surface area contributed by atoms with Crippen molar-refractivity contribution in [2.75, 3.05) is 11.9 Å². The van der Waals surface area contributed by atoms with Gasteiger partial charge in [0.1, 0.15) is 6.54 Å². The lowest BCUT2D eigenvalue weighted by Crippen LogP contribution is -2.32. The number of nitrogens with one attached hydrogen (secondary N) is 2. The Morgan fingerprint density at radius 1 is 1.36 bits per heavy atom. The van der Waals surface area contributed by atoms with Gasteiger partial charge >= 0.3 is 0 Å². The molecule has 8 nitrogen and oxygen atoms in total. The summed E-state index contributed by atoms with van der Waals surface area (Å²) in [6, 6.07) is 3.42. The SMILES string of the molecule is NC(=O)Cn1cc(NC(=O)CNC(=O)c2ccc(Br)s2)cn1. The molecule has 3 amide bonds. The van der Waals surface area contributed by atoms with E-state index in [-0.39, 0.29) is 19.0 Å². The lowest BCUT2D eigenvalue weighted by molar-refractivity contribution is -0.118. The zero-order valence-corrected chi connectivity index (χ0v) is 13.6. The number of primary amides is 1. The normalized spacial score (nSPS) is 10.2. The highest BCUT2D eigenvalue weighted by molar-refractivity contribution is 9.11. The number of carbonyl (C=O) groups excluding carboxylic acids is 3. The number of anilines is 1. The van der Waals surface area contributed by atoms with Gasteiger partial charge in [0, 0.05) is 6.20 Å². The van der Waals surface area contributed by atoms with Crippen LogP contribution in [0.4, 0.5) is 5.69 Å². The molecule has 0 aliphatic heterocycles. The molecule has 0 aliphatic carbocycles. The molecule has 22 heavy (non-hydrogen) atoms. The summed E-state index contributed by atoms with van der Waals surface area (Å²) in [6.07, 6.45) is 2.86. The molecule has 0 aliphatic rings.